The number of piperidine rings is 1. The smallest absolute Gasteiger partial charge is 0.223 e. The molecule has 0 radical (unpaired) electrons. The lowest BCUT2D eigenvalue weighted by Gasteiger charge is -2.29. The van der Waals surface area contributed by atoms with Crippen LogP contribution in [0.25, 0.3) is 0 Å². The average Bonchev–Trinajstić information content (AvgIpc) is 3.20. The predicted molar refractivity (Wildman–Crippen MR) is 107 cm³/mol. The number of fused-ring (bicyclic) bond motifs is 1. The number of hydrogen-bond acceptors (Lipinski definition) is 5. The Kier molecular flexibility index (Phi) is 5.22. The lowest BCUT2D eigenvalue weighted by molar-refractivity contribution is 0.219. The van der Waals surface area contributed by atoms with Gasteiger partial charge in [-0.05, 0) is 25.3 Å². The number of oxazole rings is 1. The molecule has 3 N–H and O–H groups in total. The SMILES string of the molecule is Cc1nc(C)c(CC2=C3NC(=NC4CCN(CCN)CC4)N=C3CC=C2)o1. The molecule has 3 heterocycles. The molecule has 27 heavy (non-hydrogen) atoms. The quantitative estimate of drug-likeness (QED) is 0.828. The van der Waals surface area contributed by atoms with Crippen molar-refractivity contribution in [2.24, 2.45) is 15.7 Å². The molecular formula is C20H28N6O. The molecule has 144 valence electrons. The number of likely N-dealkylation sites (tertiary alicyclic amines) is 1. The van der Waals surface area contributed by atoms with Gasteiger partial charge in [0.1, 0.15) is 5.76 Å². The standard InChI is InChI=1S/C20H28N6O/c1-13-18(27-14(2)22-13)12-15-4-3-5-17-19(15)25-20(24-17)23-16-6-9-26(10-7-16)11-8-21/h3-4,16H,5-12,21H2,1-2H3,(H,23,25). The molecule has 0 atom stereocenters. The molecule has 0 spiro atoms. The highest BCUT2D eigenvalue weighted by atomic mass is 16.4. The van der Waals surface area contributed by atoms with E-state index in [0.717, 1.165) is 80.7 Å². The first-order valence-corrected chi connectivity index (χ1v) is 9.80. The summed E-state index contributed by atoms with van der Waals surface area (Å²) < 4.78 is 5.75. The van der Waals surface area contributed by atoms with E-state index >= 15 is 0 Å². The average molecular weight is 368 g/mol. The van der Waals surface area contributed by atoms with Crippen LogP contribution in [0.4, 0.5) is 0 Å². The number of hydrogen-bond donors (Lipinski definition) is 2. The van der Waals surface area contributed by atoms with Crippen molar-refractivity contribution in [1.82, 2.24) is 15.2 Å². The van der Waals surface area contributed by atoms with Crippen LogP contribution < -0.4 is 11.1 Å². The first kappa shape index (κ1) is 18.1. The van der Waals surface area contributed by atoms with Crippen LogP contribution in [0.2, 0.25) is 0 Å². The van der Waals surface area contributed by atoms with Crippen molar-refractivity contribution in [2.75, 3.05) is 26.2 Å². The number of rotatable bonds is 5. The second-order valence-corrected chi connectivity index (χ2v) is 7.42. The Morgan fingerprint density at radius 3 is 2.85 bits per heavy atom. The van der Waals surface area contributed by atoms with Gasteiger partial charge < -0.3 is 20.4 Å². The molecule has 2 aliphatic heterocycles. The maximum absolute atomic E-state index is 5.75. The van der Waals surface area contributed by atoms with Gasteiger partial charge in [-0.3, -0.25) is 0 Å². The van der Waals surface area contributed by atoms with E-state index in [1.807, 2.05) is 13.8 Å². The number of guanidine groups is 1. The Morgan fingerprint density at radius 2 is 2.15 bits per heavy atom. The van der Waals surface area contributed by atoms with Crippen molar-refractivity contribution in [3.05, 3.63) is 40.8 Å². The van der Waals surface area contributed by atoms with Gasteiger partial charge in [0.2, 0.25) is 5.96 Å². The van der Waals surface area contributed by atoms with Gasteiger partial charge in [-0.1, -0.05) is 12.2 Å². The van der Waals surface area contributed by atoms with E-state index in [4.69, 9.17) is 20.1 Å². The van der Waals surface area contributed by atoms with Crippen molar-refractivity contribution >= 4 is 11.7 Å². The summed E-state index contributed by atoms with van der Waals surface area (Å²) in [6.07, 6.45) is 8.01. The highest BCUT2D eigenvalue weighted by molar-refractivity contribution is 6.15. The van der Waals surface area contributed by atoms with Crippen LogP contribution in [0.15, 0.2) is 37.8 Å². The van der Waals surface area contributed by atoms with E-state index in [0.29, 0.717) is 11.9 Å². The molecule has 1 aliphatic carbocycles. The van der Waals surface area contributed by atoms with E-state index in [9.17, 15) is 0 Å². The van der Waals surface area contributed by atoms with Crippen LogP contribution in [-0.4, -0.2) is 53.8 Å². The molecule has 0 bridgehead atoms. The Hall–Kier alpha value is -2.25. The highest BCUT2D eigenvalue weighted by Gasteiger charge is 2.26. The van der Waals surface area contributed by atoms with Crippen LogP contribution in [-0.2, 0) is 6.42 Å². The second kappa shape index (κ2) is 7.78. The Bertz CT molecular complexity index is 824. The second-order valence-electron chi connectivity index (χ2n) is 7.42. The summed E-state index contributed by atoms with van der Waals surface area (Å²) in [5, 5.41) is 3.45. The molecule has 0 saturated carbocycles. The fraction of sp³-hybridized carbons (Fsp3) is 0.550. The number of nitrogens with zero attached hydrogens (tertiary/aromatic N) is 4. The largest absolute Gasteiger partial charge is 0.445 e. The fourth-order valence-electron chi connectivity index (χ4n) is 3.95. The molecule has 0 unspecified atom stereocenters. The van der Waals surface area contributed by atoms with Gasteiger partial charge in [0, 0.05) is 45.9 Å². The van der Waals surface area contributed by atoms with Crippen LogP contribution in [0.5, 0.6) is 0 Å². The van der Waals surface area contributed by atoms with Gasteiger partial charge in [0.25, 0.3) is 0 Å². The van der Waals surface area contributed by atoms with Gasteiger partial charge >= 0.3 is 0 Å². The van der Waals surface area contributed by atoms with Crippen LogP contribution >= 0.6 is 0 Å². The summed E-state index contributed by atoms with van der Waals surface area (Å²) in [6.45, 7) is 7.71. The Balaban J connectivity index is 1.46. The first-order chi connectivity index (χ1) is 13.1. The van der Waals surface area contributed by atoms with Crippen molar-refractivity contribution in [1.29, 1.82) is 0 Å². The Morgan fingerprint density at radius 1 is 1.33 bits per heavy atom. The predicted octanol–water partition coefficient (Wildman–Crippen LogP) is 1.87. The third-order valence-electron chi connectivity index (χ3n) is 5.38. The third-order valence-corrected chi connectivity index (χ3v) is 5.38. The summed E-state index contributed by atoms with van der Waals surface area (Å²) in [5.41, 5.74) is 9.95. The van der Waals surface area contributed by atoms with Crippen LogP contribution in [0.3, 0.4) is 0 Å². The van der Waals surface area contributed by atoms with E-state index < -0.39 is 0 Å². The summed E-state index contributed by atoms with van der Waals surface area (Å²) in [7, 11) is 0. The van der Waals surface area contributed by atoms with Gasteiger partial charge in [0.05, 0.1) is 23.1 Å². The molecule has 1 fully saturated rings. The molecule has 0 amide bonds. The van der Waals surface area contributed by atoms with Crippen LogP contribution in [0, 0.1) is 13.8 Å². The lowest BCUT2D eigenvalue weighted by Crippen LogP contribution is -2.38. The fourth-order valence-corrected chi connectivity index (χ4v) is 3.95. The maximum Gasteiger partial charge on any atom is 0.223 e. The van der Waals surface area contributed by atoms with Gasteiger partial charge in [-0.2, -0.15) is 0 Å². The van der Waals surface area contributed by atoms with Gasteiger partial charge in [-0.25, -0.2) is 15.0 Å². The minimum Gasteiger partial charge on any atom is -0.445 e. The van der Waals surface area contributed by atoms with Crippen LogP contribution in [0.1, 0.15) is 36.6 Å². The molecule has 7 heteroatoms. The zero-order chi connectivity index (χ0) is 18.8. The molecule has 1 saturated heterocycles. The first-order valence-electron chi connectivity index (χ1n) is 9.80. The molecule has 1 aromatic rings. The maximum atomic E-state index is 5.75. The number of aromatic nitrogens is 1. The topological polar surface area (TPSA) is 92.0 Å². The third kappa shape index (κ3) is 4.04. The summed E-state index contributed by atoms with van der Waals surface area (Å²) in [6, 6.07) is 0.335. The van der Waals surface area contributed by atoms with Crippen molar-refractivity contribution in [2.45, 2.75) is 45.6 Å². The lowest BCUT2D eigenvalue weighted by atomic mass is 9.98. The van der Waals surface area contributed by atoms with E-state index in [-0.39, 0.29) is 0 Å². The zero-order valence-electron chi connectivity index (χ0n) is 16.2. The molecule has 0 aromatic carbocycles. The van der Waals surface area contributed by atoms with Crippen molar-refractivity contribution in [3.8, 4) is 0 Å². The van der Waals surface area contributed by atoms with E-state index in [1.165, 1.54) is 5.57 Å². The number of aryl methyl sites for hydroxylation is 2. The minimum absolute atomic E-state index is 0.335. The number of nitrogens with two attached hydrogens (primary N) is 1. The Labute approximate surface area is 160 Å². The zero-order valence-corrected chi connectivity index (χ0v) is 16.2. The molecular weight excluding hydrogens is 340 g/mol. The molecule has 7 nitrogen and oxygen atoms in total. The van der Waals surface area contributed by atoms with Gasteiger partial charge in [0.15, 0.2) is 5.89 Å². The number of aliphatic imine (C=N–C) groups is 2. The molecule has 4 rings (SSSR count). The van der Waals surface area contributed by atoms with Crippen molar-refractivity contribution in [3.63, 3.8) is 0 Å². The van der Waals surface area contributed by atoms with E-state index in [2.05, 4.69) is 27.4 Å². The summed E-state index contributed by atoms with van der Waals surface area (Å²) in [5.74, 6) is 2.38. The molecule has 1 aromatic heterocycles. The minimum atomic E-state index is 0.335. The summed E-state index contributed by atoms with van der Waals surface area (Å²) in [4.78, 5) is 16.4. The number of nitrogens with one attached hydrogen (secondary N) is 1. The van der Waals surface area contributed by atoms with E-state index in [1.54, 1.807) is 0 Å². The monoisotopic (exact) mass is 368 g/mol. The van der Waals surface area contributed by atoms with Gasteiger partial charge in [-0.15, -0.1) is 0 Å². The highest BCUT2D eigenvalue weighted by Crippen LogP contribution is 2.25. The normalized spacial score (nSPS) is 22.3. The van der Waals surface area contributed by atoms with Crippen molar-refractivity contribution < 1.29 is 4.42 Å². The summed E-state index contributed by atoms with van der Waals surface area (Å²) >= 11 is 0. The number of allylic oxidation sites excluding steroid dienone is 4. The molecule has 3 aliphatic rings.